The summed E-state index contributed by atoms with van der Waals surface area (Å²) in [5.74, 6) is -3.56. The highest BCUT2D eigenvalue weighted by Gasteiger charge is 2.20. The molecule has 9 heteroatoms. The number of pyridine rings is 1. The molecule has 3 aromatic carbocycles. The first-order chi connectivity index (χ1) is 17.8. The highest BCUT2D eigenvalue weighted by atomic mass is 19.1. The van der Waals surface area contributed by atoms with Crippen molar-refractivity contribution in [3.05, 3.63) is 95.6 Å². The molecule has 0 radical (unpaired) electrons. The molecule has 2 N–H and O–H groups in total. The van der Waals surface area contributed by atoms with Gasteiger partial charge in [0.25, 0.3) is 11.8 Å². The van der Waals surface area contributed by atoms with Gasteiger partial charge in [0.05, 0.1) is 7.11 Å². The summed E-state index contributed by atoms with van der Waals surface area (Å²) in [6.45, 7) is 0.395. The molecule has 0 unspecified atom stereocenters. The van der Waals surface area contributed by atoms with Gasteiger partial charge < -0.3 is 24.8 Å². The molecule has 190 valence electrons. The van der Waals surface area contributed by atoms with Crippen LogP contribution in [0.4, 0.5) is 14.5 Å². The van der Waals surface area contributed by atoms with Crippen LogP contribution in [-0.2, 0) is 11.3 Å². The van der Waals surface area contributed by atoms with Crippen LogP contribution in [0.15, 0.2) is 72.8 Å². The first-order valence-corrected chi connectivity index (χ1v) is 11.3. The number of aromatic nitrogens is 1. The van der Waals surface area contributed by atoms with Crippen molar-refractivity contribution in [2.75, 3.05) is 26.1 Å². The number of benzene rings is 3. The summed E-state index contributed by atoms with van der Waals surface area (Å²) in [5.41, 5.74) is 9.14. The predicted molar refractivity (Wildman–Crippen MR) is 136 cm³/mol. The Bertz CT molecular complexity index is 1440. The SMILES string of the molecule is COC(=O)c1ccc(N(C)C)cc1Oc1nc(Oc2cccc(-c3cccc(CN)c3)c2)c(F)cc1F. The van der Waals surface area contributed by atoms with Gasteiger partial charge >= 0.3 is 5.97 Å². The highest BCUT2D eigenvalue weighted by Crippen LogP contribution is 2.34. The Labute approximate surface area is 213 Å². The Morgan fingerprint density at radius 1 is 0.892 bits per heavy atom. The van der Waals surface area contributed by atoms with Crippen LogP contribution in [0.2, 0.25) is 0 Å². The fraction of sp³-hybridized carbons (Fsp3) is 0.143. The predicted octanol–water partition coefficient (Wildman–Crippen LogP) is 5.92. The van der Waals surface area contributed by atoms with Crippen molar-refractivity contribution >= 4 is 11.7 Å². The molecule has 7 nitrogen and oxygen atoms in total. The van der Waals surface area contributed by atoms with Gasteiger partial charge in [-0.05, 0) is 47.0 Å². The summed E-state index contributed by atoms with van der Waals surface area (Å²) < 4.78 is 45.4. The Morgan fingerprint density at radius 3 is 2.24 bits per heavy atom. The Morgan fingerprint density at radius 2 is 1.57 bits per heavy atom. The third-order valence-corrected chi connectivity index (χ3v) is 5.50. The molecule has 1 heterocycles. The summed E-state index contributed by atoms with van der Waals surface area (Å²) in [6.07, 6.45) is 0. The number of esters is 1. The van der Waals surface area contributed by atoms with Gasteiger partial charge in [-0.1, -0.05) is 30.3 Å². The third kappa shape index (κ3) is 5.84. The van der Waals surface area contributed by atoms with E-state index in [1.165, 1.54) is 19.2 Å². The standard InChI is InChI=1S/C28H25F2N3O4/c1-33(2)20-10-11-22(28(34)35-3)25(14-20)37-27-24(30)15-23(29)26(32-27)36-21-9-5-8-19(13-21)18-7-4-6-17(12-18)16-31/h4-15H,16,31H2,1-3H3. The van der Waals surface area contributed by atoms with E-state index in [0.717, 1.165) is 16.7 Å². The number of hydrogen-bond donors (Lipinski definition) is 1. The minimum Gasteiger partial charge on any atom is -0.465 e. The second-order valence-electron chi connectivity index (χ2n) is 8.27. The molecule has 4 rings (SSSR count). The number of hydrogen-bond acceptors (Lipinski definition) is 7. The van der Waals surface area contributed by atoms with E-state index in [1.54, 1.807) is 43.3 Å². The topological polar surface area (TPSA) is 86.9 Å². The van der Waals surface area contributed by atoms with Gasteiger partial charge in [-0.25, -0.2) is 13.6 Å². The van der Waals surface area contributed by atoms with Crippen molar-refractivity contribution in [1.29, 1.82) is 0 Å². The molecule has 0 fully saturated rings. The van der Waals surface area contributed by atoms with E-state index in [-0.39, 0.29) is 17.1 Å². The van der Waals surface area contributed by atoms with Crippen LogP contribution in [-0.4, -0.2) is 32.2 Å². The Kier molecular flexibility index (Phi) is 7.64. The number of halogens is 2. The average molecular weight is 506 g/mol. The molecule has 0 atom stereocenters. The first-order valence-electron chi connectivity index (χ1n) is 11.3. The molecule has 0 aliphatic carbocycles. The zero-order valence-corrected chi connectivity index (χ0v) is 20.5. The lowest BCUT2D eigenvalue weighted by molar-refractivity contribution is 0.0597. The van der Waals surface area contributed by atoms with Crippen LogP contribution in [0.3, 0.4) is 0 Å². The lowest BCUT2D eigenvalue weighted by atomic mass is 10.0. The minimum atomic E-state index is -1.07. The molecule has 0 bridgehead atoms. The zero-order valence-electron chi connectivity index (χ0n) is 20.5. The van der Waals surface area contributed by atoms with E-state index < -0.39 is 29.4 Å². The maximum Gasteiger partial charge on any atom is 0.341 e. The summed E-state index contributed by atoms with van der Waals surface area (Å²) >= 11 is 0. The smallest absolute Gasteiger partial charge is 0.341 e. The monoisotopic (exact) mass is 505 g/mol. The molecule has 0 amide bonds. The maximum atomic E-state index is 14.7. The molecule has 4 aromatic rings. The van der Waals surface area contributed by atoms with Gasteiger partial charge in [-0.15, -0.1) is 0 Å². The van der Waals surface area contributed by atoms with Gasteiger partial charge in [0.2, 0.25) is 0 Å². The summed E-state index contributed by atoms with van der Waals surface area (Å²) in [7, 11) is 4.80. The van der Waals surface area contributed by atoms with E-state index in [2.05, 4.69) is 4.98 Å². The molecule has 37 heavy (non-hydrogen) atoms. The summed E-state index contributed by atoms with van der Waals surface area (Å²) in [4.78, 5) is 17.9. The first kappa shape index (κ1) is 25.6. The number of carbonyl (C=O) groups excluding carboxylic acids is 1. The van der Waals surface area contributed by atoms with Crippen LogP contribution in [0.5, 0.6) is 23.3 Å². The van der Waals surface area contributed by atoms with Gasteiger partial charge in [-0.2, -0.15) is 4.98 Å². The van der Waals surface area contributed by atoms with Crippen LogP contribution >= 0.6 is 0 Å². The van der Waals surface area contributed by atoms with Crippen molar-refractivity contribution in [3.63, 3.8) is 0 Å². The van der Waals surface area contributed by atoms with E-state index in [0.29, 0.717) is 18.3 Å². The lowest BCUT2D eigenvalue weighted by Crippen LogP contribution is -2.11. The second-order valence-corrected chi connectivity index (χ2v) is 8.27. The fourth-order valence-corrected chi connectivity index (χ4v) is 3.56. The van der Waals surface area contributed by atoms with Crippen LogP contribution in [0.1, 0.15) is 15.9 Å². The van der Waals surface area contributed by atoms with Gasteiger partial charge in [0.1, 0.15) is 17.1 Å². The lowest BCUT2D eigenvalue weighted by Gasteiger charge is -2.16. The van der Waals surface area contributed by atoms with Crippen molar-refractivity contribution in [3.8, 4) is 34.4 Å². The zero-order chi connectivity index (χ0) is 26.5. The molecule has 0 aliphatic rings. The van der Waals surface area contributed by atoms with Crippen LogP contribution in [0.25, 0.3) is 11.1 Å². The number of methoxy groups -OCH3 is 1. The van der Waals surface area contributed by atoms with Crippen molar-refractivity contribution in [2.24, 2.45) is 5.73 Å². The second kappa shape index (κ2) is 11.0. The molecule has 1 aromatic heterocycles. The number of rotatable bonds is 8. The van der Waals surface area contributed by atoms with Gasteiger partial charge in [0.15, 0.2) is 11.6 Å². The Hall–Kier alpha value is -4.50. The number of carbonyl (C=O) groups is 1. The maximum absolute atomic E-state index is 14.7. The number of nitrogens with zero attached hydrogens (tertiary/aromatic N) is 2. The molecule has 0 saturated heterocycles. The van der Waals surface area contributed by atoms with Crippen LogP contribution < -0.4 is 20.1 Å². The Balaban J connectivity index is 1.67. The average Bonchev–Trinajstić information content (AvgIpc) is 2.91. The van der Waals surface area contributed by atoms with Crippen LogP contribution in [0, 0.1) is 11.6 Å². The molecular formula is C28H25F2N3O4. The van der Waals surface area contributed by atoms with Gasteiger partial charge in [-0.3, -0.25) is 0 Å². The van der Waals surface area contributed by atoms with E-state index in [4.69, 9.17) is 19.9 Å². The van der Waals surface area contributed by atoms with Gasteiger partial charge in [0, 0.05) is 38.5 Å². The van der Waals surface area contributed by atoms with Crippen molar-refractivity contribution in [2.45, 2.75) is 6.54 Å². The largest absolute Gasteiger partial charge is 0.465 e. The number of ether oxygens (including phenoxy) is 3. The minimum absolute atomic E-state index is 0.0104. The molecule has 0 spiro atoms. The third-order valence-electron chi connectivity index (χ3n) is 5.50. The quantitative estimate of drug-likeness (QED) is 0.297. The highest BCUT2D eigenvalue weighted by molar-refractivity contribution is 5.93. The summed E-state index contributed by atoms with van der Waals surface area (Å²) in [6, 6.07) is 19.9. The fourth-order valence-electron chi connectivity index (χ4n) is 3.56. The van der Waals surface area contributed by atoms with E-state index in [9.17, 15) is 13.6 Å². The van der Waals surface area contributed by atoms with E-state index >= 15 is 0 Å². The molecule has 0 saturated carbocycles. The molecular weight excluding hydrogens is 480 g/mol. The van der Waals surface area contributed by atoms with Crippen molar-refractivity contribution in [1.82, 2.24) is 4.98 Å². The number of anilines is 1. The van der Waals surface area contributed by atoms with E-state index in [1.807, 2.05) is 30.3 Å². The number of nitrogens with two attached hydrogens (primary N) is 1. The molecule has 0 aliphatic heterocycles. The van der Waals surface area contributed by atoms with Crippen molar-refractivity contribution < 1.29 is 27.8 Å². The summed E-state index contributed by atoms with van der Waals surface area (Å²) in [5, 5.41) is 0. The normalized spacial score (nSPS) is 10.6.